The summed E-state index contributed by atoms with van der Waals surface area (Å²) in [7, 11) is 0. The molecule has 0 aromatic rings. The maximum Gasteiger partial charge on any atom is 0.365 e. The van der Waals surface area contributed by atoms with Gasteiger partial charge in [-0.2, -0.15) is 0 Å². The van der Waals surface area contributed by atoms with Crippen LogP contribution in [0.15, 0.2) is 0 Å². The molecule has 12 heteroatoms. The molecule has 0 bridgehead atoms. The van der Waals surface area contributed by atoms with Gasteiger partial charge in [0.05, 0.1) is 18.8 Å². The molecule has 131 valence electrons. The maximum absolute atomic E-state index is 11.5. The topological polar surface area (TPSA) is 222 Å². The van der Waals surface area contributed by atoms with Gasteiger partial charge in [0.15, 0.2) is 0 Å². The molecule has 0 aliphatic carbocycles. The van der Waals surface area contributed by atoms with Crippen molar-refractivity contribution in [1.29, 1.82) is 0 Å². The molecule has 0 aromatic heterocycles. The molecule has 7 atom stereocenters. The van der Waals surface area contributed by atoms with E-state index in [9.17, 15) is 30.0 Å². The van der Waals surface area contributed by atoms with Crippen LogP contribution in [0.1, 0.15) is 6.92 Å². The van der Waals surface area contributed by atoms with Crippen molar-refractivity contribution in [1.82, 2.24) is 0 Å². The quantitative estimate of drug-likeness (QED) is 0.233. The second-order valence-electron chi connectivity index (χ2n) is 4.98. The number of ketones is 1. The van der Waals surface area contributed by atoms with Gasteiger partial charge in [-0.3, -0.25) is 4.79 Å². The number of Topliss-reactive ketones (excluding diaryl/α,β-unsaturated/α-hetero) is 1. The summed E-state index contributed by atoms with van der Waals surface area (Å²) in [4.78, 5) is 22.6. The molecule has 0 spiro atoms. The van der Waals surface area contributed by atoms with Gasteiger partial charge in [-0.15, -0.1) is 0 Å². The maximum atomic E-state index is 11.5. The van der Waals surface area contributed by atoms with Crippen molar-refractivity contribution in [2.45, 2.75) is 43.2 Å². The average Bonchev–Trinajstić information content (AvgIpc) is 2.40. The molecular formula is C11H21NNaO10. The van der Waals surface area contributed by atoms with Gasteiger partial charge in [0.1, 0.15) is 30.0 Å². The summed E-state index contributed by atoms with van der Waals surface area (Å²) in [6, 6.07) is -1.46. The van der Waals surface area contributed by atoms with Crippen LogP contribution in [-0.2, 0) is 14.3 Å². The summed E-state index contributed by atoms with van der Waals surface area (Å²) in [6.45, 7) is 0.0582. The van der Waals surface area contributed by atoms with E-state index in [1.54, 1.807) is 0 Å². The first-order valence-corrected chi connectivity index (χ1v) is 6.12. The minimum Gasteiger partial charge on any atom is -0.477 e. The van der Waals surface area contributed by atoms with Crippen LogP contribution in [0, 0.1) is 5.92 Å². The van der Waals surface area contributed by atoms with E-state index in [4.69, 9.17) is 20.7 Å². The molecule has 10 N–H and O–H groups in total. The van der Waals surface area contributed by atoms with Crippen LogP contribution in [0.2, 0.25) is 0 Å². The van der Waals surface area contributed by atoms with E-state index in [0.717, 1.165) is 6.92 Å². The van der Waals surface area contributed by atoms with Gasteiger partial charge < -0.3 is 46.6 Å². The van der Waals surface area contributed by atoms with E-state index in [0.29, 0.717) is 0 Å². The van der Waals surface area contributed by atoms with E-state index >= 15 is 0 Å². The van der Waals surface area contributed by atoms with E-state index in [1.165, 1.54) is 0 Å². The number of ether oxygens (including phenoxy) is 1. The first-order valence-electron chi connectivity index (χ1n) is 6.12. The Kier molecular flexibility index (Phi) is 10.2. The zero-order valence-corrected chi connectivity index (χ0v) is 14.7. The summed E-state index contributed by atoms with van der Waals surface area (Å²) in [5, 5.41) is 56.9. The second kappa shape index (κ2) is 9.34. The number of hydrogen-bond acceptors (Lipinski definition) is 9. The number of carboxylic acid groups (broad SMARTS) is 1. The number of carboxylic acids is 1. The predicted molar refractivity (Wildman–Crippen MR) is 74.1 cm³/mol. The summed E-state index contributed by atoms with van der Waals surface area (Å²) in [6.07, 6.45) is -7.15. The second-order valence-corrected chi connectivity index (χ2v) is 4.98. The van der Waals surface area contributed by atoms with Gasteiger partial charge in [0.2, 0.25) is 0 Å². The Labute approximate surface area is 153 Å². The van der Waals surface area contributed by atoms with E-state index in [1.807, 2.05) is 0 Å². The summed E-state index contributed by atoms with van der Waals surface area (Å²) < 4.78 is 4.81. The van der Waals surface area contributed by atoms with Gasteiger partial charge in [-0.25, -0.2) is 4.79 Å². The number of aliphatic carboxylic acids is 1. The molecule has 0 aromatic carbocycles. The van der Waals surface area contributed by atoms with Gasteiger partial charge >= 0.3 is 5.97 Å². The predicted octanol–water partition coefficient (Wildman–Crippen LogP) is -5.44. The van der Waals surface area contributed by atoms with Crippen LogP contribution < -0.4 is 5.73 Å². The molecule has 2 unspecified atom stereocenters. The van der Waals surface area contributed by atoms with Gasteiger partial charge in [-0.1, -0.05) is 0 Å². The molecule has 1 fully saturated rings. The molecule has 1 rings (SSSR count). The molecule has 1 radical (unpaired) electrons. The van der Waals surface area contributed by atoms with E-state index < -0.39 is 60.5 Å². The van der Waals surface area contributed by atoms with Crippen molar-refractivity contribution in [3.8, 4) is 0 Å². The van der Waals surface area contributed by atoms with Crippen LogP contribution in [0.4, 0.5) is 0 Å². The molecule has 23 heavy (non-hydrogen) atoms. The number of carbonyl (C=O) groups is 2. The Bertz CT molecular complexity index is 424. The molecule has 1 heterocycles. The van der Waals surface area contributed by atoms with Crippen molar-refractivity contribution in [3.05, 3.63) is 0 Å². The molecule has 11 nitrogen and oxygen atoms in total. The third kappa shape index (κ3) is 4.67. The van der Waals surface area contributed by atoms with Crippen LogP contribution in [0.3, 0.4) is 0 Å². The Balaban J connectivity index is 0. The fourth-order valence-corrected chi connectivity index (χ4v) is 2.33. The van der Waals surface area contributed by atoms with E-state index in [-0.39, 0.29) is 35.0 Å². The molecular weight excluding hydrogens is 329 g/mol. The minimum absolute atomic E-state index is 0. The Hall–Kier alpha value is -0.180. The molecule has 1 aliphatic heterocycles. The summed E-state index contributed by atoms with van der Waals surface area (Å²) >= 11 is 0. The zero-order valence-electron chi connectivity index (χ0n) is 12.7. The average molecular weight is 350 g/mol. The van der Waals surface area contributed by atoms with Crippen molar-refractivity contribution < 1.29 is 50.4 Å². The number of carbonyl (C=O) groups excluding carboxylic acids is 1. The van der Waals surface area contributed by atoms with E-state index in [2.05, 4.69) is 0 Å². The molecule has 1 saturated heterocycles. The largest absolute Gasteiger partial charge is 0.477 e. The number of nitrogens with two attached hydrogens (primary N) is 1. The standard InChI is InChI=1S/C11H19NO9.Na.H2O/c1-3(14)5-8(17)6(12)9(7(16)4(15)2-13)21-11(5,20)10(18)19;;/h4-9,13,15-17,20H,2,12H2,1H3,(H,18,19);;1H2/t4-,5?,6-,7-,8+,9-,11?;;/m1../s1. The van der Waals surface area contributed by atoms with Crippen LogP contribution >= 0.6 is 0 Å². The first kappa shape index (κ1) is 25.1. The number of aliphatic hydroxyl groups is 5. The fraction of sp³-hybridized carbons (Fsp3) is 0.818. The monoisotopic (exact) mass is 350 g/mol. The minimum atomic E-state index is -3.11. The van der Waals surface area contributed by atoms with Gasteiger partial charge in [-0.05, 0) is 6.92 Å². The normalized spacial score (nSPS) is 36.1. The van der Waals surface area contributed by atoms with Crippen LogP contribution in [0.5, 0.6) is 0 Å². The Morgan fingerprint density at radius 1 is 1.35 bits per heavy atom. The third-order valence-electron chi connectivity index (χ3n) is 3.51. The number of rotatable bonds is 5. The Morgan fingerprint density at radius 2 is 1.83 bits per heavy atom. The summed E-state index contributed by atoms with van der Waals surface area (Å²) in [5.74, 6) is -7.80. The SMILES string of the molecule is CC(=O)C1[C@H](O)[C@@H](N)[C@H]([C@H](O)[C@H](O)CO)OC1(O)C(=O)O.O.[Na]. The molecule has 0 amide bonds. The van der Waals surface area contributed by atoms with Gasteiger partial charge in [0.25, 0.3) is 5.79 Å². The van der Waals surface area contributed by atoms with Crippen LogP contribution in [-0.4, -0.2) is 120 Å². The van der Waals surface area contributed by atoms with Crippen molar-refractivity contribution >= 4 is 41.3 Å². The Morgan fingerprint density at radius 3 is 2.17 bits per heavy atom. The third-order valence-corrected chi connectivity index (χ3v) is 3.51. The summed E-state index contributed by atoms with van der Waals surface area (Å²) in [5.41, 5.74) is 5.58. The van der Waals surface area contributed by atoms with Crippen molar-refractivity contribution in [3.63, 3.8) is 0 Å². The molecule has 1 aliphatic rings. The van der Waals surface area contributed by atoms with Gasteiger partial charge in [0, 0.05) is 29.6 Å². The van der Waals surface area contributed by atoms with Crippen LogP contribution in [0.25, 0.3) is 0 Å². The zero-order chi connectivity index (χ0) is 16.5. The smallest absolute Gasteiger partial charge is 0.365 e. The molecule has 0 saturated carbocycles. The fourth-order valence-electron chi connectivity index (χ4n) is 2.33. The number of aliphatic hydroxyl groups excluding tert-OH is 4. The van der Waals surface area contributed by atoms with Crippen molar-refractivity contribution in [2.24, 2.45) is 11.7 Å². The first-order chi connectivity index (χ1) is 9.57. The number of hydrogen-bond donors (Lipinski definition) is 7. The van der Waals surface area contributed by atoms with Crippen molar-refractivity contribution in [2.75, 3.05) is 6.61 Å².